The number of aromatic nitrogens is 4. The van der Waals surface area contributed by atoms with Gasteiger partial charge in [0, 0.05) is 26.9 Å². The summed E-state index contributed by atoms with van der Waals surface area (Å²) in [7, 11) is 3.78. The number of imidazole rings is 1. The molecule has 1 saturated carbocycles. The Morgan fingerprint density at radius 1 is 1.21 bits per heavy atom. The Morgan fingerprint density at radius 2 is 2.00 bits per heavy atom. The third kappa shape index (κ3) is 2.63. The molecule has 2 aliphatic heterocycles. The molecule has 4 heterocycles. The molecule has 1 N–H and O–H groups in total. The summed E-state index contributed by atoms with van der Waals surface area (Å²) in [4.78, 5) is 19.3. The SMILES string of the molecule is CN(C)/C=N/c1ncnc2c1ncn2[C@@H]1O[C@]2(C[C@@H](O)C2)[C@H]2OC(C)(C)O[C@@H]12. The van der Waals surface area contributed by atoms with E-state index in [1.54, 1.807) is 12.7 Å². The molecule has 0 radical (unpaired) electrons. The number of aliphatic hydroxyl groups excluding tert-OH is 1. The molecule has 0 amide bonds. The van der Waals surface area contributed by atoms with Crippen LogP contribution in [0, 0.1) is 0 Å². The van der Waals surface area contributed by atoms with Gasteiger partial charge < -0.3 is 24.2 Å². The molecule has 0 bridgehead atoms. The zero-order valence-electron chi connectivity index (χ0n) is 16.3. The second kappa shape index (κ2) is 5.93. The maximum Gasteiger partial charge on any atom is 0.184 e. The van der Waals surface area contributed by atoms with Crippen molar-refractivity contribution in [3.05, 3.63) is 12.7 Å². The highest BCUT2D eigenvalue weighted by atomic mass is 16.8. The van der Waals surface area contributed by atoms with Crippen LogP contribution >= 0.6 is 0 Å². The van der Waals surface area contributed by atoms with E-state index in [4.69, 9.17) is 14.2 Å². The Bertz CT molecular complexity index is 935. The van der Waals surface area contributed by atoms with Crippen molar-refractivity contribution in [3.8, 4) is 0 Å². The summed E-state index contributed by atoms with van der Waals surface area (Å²) in [6, 6.07) is 0. The fourth-order valence-electron chi connectivity index (χ4n) is 4.35. The number of aliphatic hydroxyl groups is 1. The lowest BCUT2D eigenvalue weighted by Gasteiger charge is -2.45. The Kier molecular flexibility index (Phi) is 3.80. The van der Waals surface area contributed by atoms with E-state index in [9.17, 15) is 5.11 Å². The predicted molar refractivity (Wildman–Crippen MR) is 99.1 cm³/mol. The summed E-state index contributed by atoms with van der Waals surface area (Å²) < 4.78 is 20.6. The smallest absolute Gasteiger partial charge is 0.184 e. The first-order chi connectivity index (χ1) is 13.3. The molecule has 0 aromatic carbocycles. The zero-order chi connectivity index (χ0) is 19.7. The van der Waals surface area contributed by atoms with Gasteiger partial charge in [-0.1, -0.05) is 0 Å². The van der Waals surface area contributed by atoms with Gasteiger partial charge in [-0.15, -0.1) is 0 Å². The van der Waals surface area contributed by atoms with Gasteiger partial charge in [0.1, 0.15) is 24.1 Å². The lowest BCUT2D eigenvalue weighted by atomic mass is 9.73. The fraction of sp³-hybridized carbons (Fsp3) is 0.667. The third-order valence-corrected chi connectivity index (χ3v) is 5.47. The van der Waals surface area contributed by atoms with Gasteiger partial charge in [-0.25, -0.2) is 19.9 Å². The molecular formula is C18H24N6O4. The molecule has 2 saturated heterocycles. The average Bonchev–Trinajstić information content (AvgIpc) is 3.23. The first-order valence-electron chi connectivity index (χ1n) is 9.38. The highest BCUT2D eigenvalue weighted by Crippen LogP contribution is 2.56. The number of ether oxygens (including phenoxy) is 3. The second-order valence-electron chi connectivity index (χ2n) is 8.39. The summed E-state index contributed by atoms with van der Waals surface area (Å²) in [6.07, 6.45) is 4.49. The van der Waals surface area contributed by atoms with Crippen LogP contribution in [0.25, 0.3) is 11.2 Å². The second-order valence-corrected chi connectivity index (χ2v) is 8.39. The fourth-order valence-corrected chi connectivity index (χ4v) is 4.35. The van der Waals surface area contributed by atoms with Crippen molar-refractivity contribution >= 4 is 23.3 Å². The molecule has 10 nitrogen and oxygen atoms in total. The van der Waals surface area contributed by atoms with Gasteiger partial charge in [-0.05, 0) is 13.8 Å². The van der Waals surface area contributed by atoms with E-state index in [0.717, 1.165) is 0 Å². The summed E-state index contributed by atoms with van der Waals surface area (Å²) in [5.41, 5.74) is 0.668. The van der Waals surface area contributed by atoms with Crippen molar-refractivity contribution in [1.82, 2.24) is 24.4 Å². The largest absolute Gasteiger partial charge is 0.393 e. The Labute approximate surface area is 162 Å². The highest BCUT2D eigenvalue weighted by molar-refractivity contribution is 5.82. The quantitative estimate of drug-likeness (QED) is 0.613. The van der Waals surface area contributed by atoms with E-state index < -0.39 is 17.6 Å². The standard InChI is InChI=1S/C18H24N6O4/c1-17(2)26-12-13(27-17)18(5-10(25)6-18)28-16(12)24-9-21-11-14(22-8-23(3)4)19-7-20-15(11)24/h7-10,12-13,16,25H,5-6H2,1-4H3/b22-8+/t10-,12-,13+,16-,18+/m1/s1. The zero-order valence-corrected chi connectivity index (χ0v) is 16.3. The molecule has 1 spiro atoms. The molecule has 3 fully saturated rings. The van der Waals surface area contributed by atoms with Crippen LogP contribution in [0.5, 0.6) is 0 Å². The molecule has 2 aromatic rings. The predicted octanol–water partition coefficient (Wildman–Crippen LogP) is 0.990. The number of nitrogens with zero attached hydrogens (tertiary/aromatic N) is 6. The molecule has 2 aromatic heterocycles. The third-order valence-electron chi connectivity index (χ3n) is 5.47. The van der Waals surface area contributed by atoms with E-state index in [0.29, 0.717) is 29.8 Å². The molecule has 1 aliphatic carbocycles. The minimum Gasteiger partial charge on any atom is -0.393 e. The minimum absolute atomic E-state index is 0.249. The van der Waals surface area contributed by atoms with E-state index >= 15 is 0 Å². The molecular weight excluding hydrogens is 364 g/mol. The first-order valence-corrected chi connectivity index (χ1v) is 9.38. The van der Waals surface area contributed by atoms with Crippen LogP contribution in [0.1, 0.15) is 32.9 Å². The van der Waals surface area contributed by atoms with E-state index in [2.05, 4.69) is 19.9 Å². The number of hydrogen-bond donors (Lipinski definition) is 1. The van der Waals surface area contributed by atoms with Crippen molar-refractivity contribution in [2.45, 2.75) is 62.6 Å². The molecule has 150 valence electrons. The first kappa shape index (κ1) is 17.9. The monoisotopic (exact) mass is 388 g/mol. The molecule has 5 rings (SSSR count). The number of hydrogen-bond acceptors (Lipinski definition) is 8. The lowest BCUT2D eigenvalue weighted by Crippen LogP contribution is -2.55. The molecule has 0 unspecified atom stereocenters. The van der Waals surface area contributed by atoms with Crippen LogP contribution in [0.15, 0.2) is 17.6 Å². The maximum absolute atomic E-state index is 9.92. The van der Waals surface area contributed by atoms with Gasteiger partial charge in [0.25, 0.3) is 0 Å². The van der Waals surface area contributed by atoms with Crippen molar-refractivity contribution in [3.63, 3.8) is 0 Å². The van der Waals surface area contributed by atoms with Gasteiger partial charge in [-0.3, -0.25) is 4.57 Å². The summed E-state index contributed by atoms with van der Waals surface area (Å²) >= 11 is 0. The summed E-state index contributed by atoms with van der Waals surface area (Å²) in [5.74, 6) is -0.220. The summed E-state index contributed by atoms with van der Waals surface area (Å²) in [6.45, 7) is 3.79. The van der Waals surface area contributed by atoms with Crippen LogP contribution in [0.4, 0.5) is 5.82 Å². The Hall–Kier alpha value is -2.14. The van der Waals surface area contributed by atoms with E-state index in [1.165, 1.54) is 6.33 Å². The van der Waals surface area contributed by atoms with Crippen molar-refractivity contribution < 1.29 is 19.3 Å². The Balaban J connectivity index is 1.54. The van der Waals surface area contributed by atoms with E-state index in [-0.39, 0.29) is 18.3 Å². The topological polar surface area (TPSA) is 107 Å². The van der Waals surface area contributed by atoms with E-state index in [1.807, 2.05) is 37.4 Å². The normalized spacial score (nSPS) is 36.3. The van der Waals surface area contributed by atoms with Crippen LogP contribution in [0.2, 0.25) is 0 Å². The average molecular weight is 388 g/mol. The van der Waals surface area contributed by atoms with Gasteiger partial charge in [0.05, 0.1) is 18.8 Å². The van der Waals surface area contributed by atoms with Crippen LogP contribution in [0.3, 0.4) is 0 Å². The number of rotatable bonds is 3. The number of aliphatic imine (C=N–C) groups is 1. The lowest BCUT2D eigenvalue weighted by molar-refractivity contribution is -0.251. The molecule has 28 heavy (non-hydrogen) atoms. The highest BCUT2D eigenvalue weighted by Gasteiger charge is 2.67. The molecule has 3 atom stereocenters. The van der Waals surface area contributed by atoms with Crippen molar-refractivity contribution in [1.29, 1.82) is 0 Å². The van der Waals surface area contributed by atoms with Gasteiger partial charge in [0.15, 0.2) is 29.0 Å². The van der Waals surface area contributed by atoms with Gasteiger partial charge in [0.2, 0.25) is 0 Å². The van der Waals surface area contributed by atoms with Crippen molar-refractivity contribution in [2.75, 3.05) is 14.1 Å². The minimum atomic E-state index is -0.711. The van der Waals surface area contributed by atoms with Gasteiger partial charge in [-0.2, -0.15) is 0 Å². The Morgan fingerprint density at radius 3 is 2.71 bits per heavy atom. The van der Waals surface area contributed by atoms with Crippen molar-refractivity contribution in [2.24, 2.45) is 4.99 Å². The number of fused-ring (bicyclic) bond motifs is 3. The maximum atomic E-state index is 9.92. The van der Waals surface area contributed by atoms with Crippen LogP contribution in [-0.4, -0.2) is 79.7 Å². The molecule has 3 aliphatic rings. The van der Waals surface area contributed by atoms with Crippen LogP contribution < -0.4 is 0 Å². The summed E-state index contributed by atoms with van der Waals surface area (Å²) in [5, 5.41) is 9.92. The van der Waals surface area contributed by atoms with Gasteiger partial charge >= 0.3 is 0 Å². The molecule has 10 heteroatoms. The van der Waals surface area contributed by atoms with Crippen LogP contribution in [-0.2, 0) is 14.2 Å².